The number of hydrogen-bond donors (Lipinski definition) is 1. The first-order chi connectivity index (χ1) is 5.31. The molecule has 0 aliphatic rings. The summed E-state index contributed by atoms with van der Waals surface area (Å²) in [4.78, 5) is 10.8. The normalized spacial score (nSPS) is 11.5. The Bertz CT molecular complexity index is 157. The molecular formula is C9H14O2. The van der Waals surface area contributed by atoms with E-state index in [1.165, 1.54) is 6.08 Å². The van der Waals surface area contributed by atoms with Gasteiger partial charge in [-0.3, -0.25) is 4.79 Å². The Balaban J connectivity index is 3.51. The third-order valence-corrected chi connectivity index (χ3v) is 1.17. The van der Waals surface area contributed by atoms with Crippen LogP contribution >= 0.6 is 0 Å². The molecule has 11 heavy (non-hydrogen) atoms. The van der Waals surface area contributed by atoms with Gasteiger partial charge >= 0.3 is 0 Å². The van der Waals surface area contributed by atoms with E-state index in [0.29, 0.717) is 12.8 Å². The molecule has 0 aromatic heterocycles. The van der Waals surface area contributed by atoms with Crippen LogP contribution in [-0.2, 0) is 4.79 Å². The van der Waals surface area contributed by atoms with Crippen molar-refractivity contribution in [3.8, 4) is 0 Å². The van der Waals surface area contributed by atoms with E-state index >= 15 is 0 Å². The molecule has 0 saturated carbocycles. The summed E-state index contributed by atoms with van der Waals surface area (Å²) < 4.78 is 0. The van der Waals surface area contributed by atoms with Gasteiger partial charge in [0.1, 0.15) is 0 Å². The van der Waals surface area contributed by atoms with Crippen LogP contribution in [0.1, 0.15) is 19.8 Å². The number of aliphatic hydroxyl groups is 1. The van der Waals surface area contributed by atoms with Crippen LogP contribution < -0.4 is 0 Å². The second-order valence-corrected chi connectivity index (χ2v) is 2.18. The average Bonchev–Trinajstić information content (AvgIpc) is 2.01. The molecule has 2 heteroatoms. The van der Waals surface area contributed by atoms with Crippen LogP contribution in [-0.4, -0.2) is 17.5 Å². The zero-order chi connectivity index (χ0) is 8.53. The molecule has 2 nitrogen and oxygen atoms in total. The predicted octanol–water partition coefficient (Wildman–Crippen LogP) is 1.46. The Morgan fingerprint density at radius 1 is 1.45 bits per heavy atom. The Morgan fingerprint density at radius 2 is 2.18 bits per heavy atom. The lowest BCUT2D eigenvalue weighted by molar-refractivity contribution is -0.114. The van der Waals surface area contributed by atoms with Crippen LogP contribution in [0.15, 0.2) is 24.3 Å². The van der Waals surface area contributed by atoms with Crippen molar-refractivity contribution < 1.29 is 9.90 Å². The number of rotatable bonds is 5. The van der Waals surface area contributed by atoms with Crippen LogP contribution in [0.5, 0.6) is 0 Å². The number of aliphatic hydroxyl groups excluding tert-OH is 1. The molecule has 0 rings (SSSR count). The molecule has 0 fully saturated rings. The standard InChI is InChI=1S/C9H14O2/c1-2-3-4-6-9(11)7-5-8-10/h2-4,6,10H,5,7-8H2,1H3/b3-2+,6-4+. The maximum Gasteiger partial charge on any atom is 0.155 e. The largest absolute Gasteiger partial charge is 0.396 e. The highest BCUT2D eigenvalue weighted by Gasteiger charge is 1.92. The van der Waals surface area contributed by atoms with Crippen LogP contribution in [0.2, 0.25) is 0 Å². The minimum Gasteiger partial charge on any atom is -0.396 e. The zero-order valence-electron chi connectivity index (χ0n) is 6.79. The molecule has 0 amide bonds. The van der Waals surface area contributed by atoms with Gasteiger partial charge in [0, 0.05) is 13.0 Å². The maximum atomic E-state index is 10.8. The van der Waals surface area contributed by atoms with E-state index in [0.717, 1.165) is 0 Å². The number of hydrogen-bond acceptors (Lipinski definition) is 2. The van der Waals surface area contributed by atoms with E-state index in [1.54, 1.807) is 12.2 Å². The van der Waals surface area contributed by atoms with Gasteiger partial charge in [-0.15, -0.1) is 0 Å². The summed E-state index contributed by atoms with van der Waals surface area (Å²) in [5.41, 5.74) is 0. The van der Waals surface area contributed by atoms with Crippen LogP contribution in [0.25, 0.3) is 0 Å². The van der Waals surface area contributed by atoms with Gasteiger partial charge in [0.15, 0.2) is 5.78 Å². The van der Waals surface area contributed by atoms with E-state index in [-0.39, 0.29) is 12.4 Å². The van der Waals surface area contributed by atoms with Gasteiger partial charge in [0.25, 0.3) is 0 Å². The molecule has 0 aromatic rings. The van der Waals surface area contributed by atoms with E-state index in [4.69, 9.17) is 5.11 Å². The van der Waals surface area contributed by atoms with E-state index < -0.39 is 0 Å². The van der Waals surface area contributed by atoms with Crippen molar-refractivity contribution in [1.29, 1.82) is 0 Å². The van der Waals surface area contributed by atoms with Crippen molar-refractivity contribution in [3.63, 3.8) is 0 Å². The summed E-state index contributed by atoms with van der Waals surface area (Å²) >= 11 is 0. The third kappa shape index (κ3) is 7.00. The summed E-state index contributed by atoms with van der Waals surface area (Å²) in [5, 5.41) is 8.40. The summed E-state index contributed by atoms with van der Waals surface area (Å²) in [6.45, 7) is 1.98. The smallest absolute Gasteiger partial charge is 0.155 e. The lowest BCUT2D eigenvalue weighted by atomic mass is 10.2. The van der Waals surface area contributed by atoms with E-state index in [9.17, 15) is 4.79 Å². The first kappa shape index (κ1) is 10.1. The van der Waals surface area contributed by atoms with E-state index in [2.05, 4.69) is 0 Å². The molecule has 0 spiro atoms. The number of allylic oxidation sites excluding steroid dienone is 4. The fraction of sp³-hybridized carbons (Fsp3) is 0.444. The van der Waals surface area contributed by atoms with Crippen LogP contribution in [0.3, 0.4) is 0 Å². The molecule has 0 unspecified atom stereocenters. The fourth-order valence-electron chi connectivity index (χ4n) is 0.611. The van der Waals surface area contributed by atoms with Gasteiger partial charge in [-0.25, -0.2) is 0 Å². The highest BCUT2D eigenvalue weighted by molar-refractivity contribution is 5.89. The summed E-state index contributed by atoms with van der Waals surface area (Å²) in [7, 11) is 0. The molecule has 0 aliphatic carbocycles. The Labute approximate surface area is 67.2 Å². The Kier molecular flexibility index (Phi) is 6.64. The molecule has 0 aromatic carbocycles. The molecule has 0 radical (unpaired) electrons. The molecule has 0 saturated heterocycles. The highest BCUT2D eigenvalue weighted by Crippen LogP contribution is 1.91. The fourth-order valence-corrected chi connectivity index (χ4v) is 0.611. The van der Waals surface area contributed by atoms with Gasteiger partial charge in [-0.2, -0.15) is 0 Å². The highest BCUT2D eigenvalue weighted by atomic mass is 16.3. The van der Waals surface area contributed by atoms with E-state index in [1.807, 2.05) is 13.0 Å². The molecule has 62 valence electrons. The maximum absolute atomic E-state index is 10.8. The van der Waals surface area contributed by atoms with Crippen molar-refractivity contribution in [2.75, 3.05) is 6.61 Å². The number of carbonyl (C=O) groups excluding carboxylic acids is 1. The molecule has 1 N–H and O–H groups in total. The summed E-state index contributed by atoms with van der Waals surface area (Å²) in [6, 6.07) is 0. The van der Waals surface area contributed by atoms with Gasteiger partial charge in [0.2, 0.25) is 0 Å². The van der Waals surface area contributed by atoms with Crippen LogP contribution in [0.4, 0.5) is 0 Å². The van der Waals surface area contributed by atoms with Crippen molar-refractivity contribution in [2.45, 2.75) is 19.8 Å². The predicted molar refractivity (Wildman–Crippen MR) is 45.3 cm³/mol. The third-order valence-electron chi connectivity index (χ3n) is 1.17. The monoisotopic (exact) mass is 154 g/mol. The zero-order valence-corrected chi connectivity index (χ0v) is 6.79. The van der Waals surface area contributed by atoms with Crippen molar-refractivity contribution in [1.82, 2.24) is 0 Å². The molecule has 0 aliphatic heterocycles. The van der Waals surface area contributed by atoms with Crippen LogP contribution in [0, 0.1) is 0 Å². The van der Waals surface area contributed by atoms with Crippen molar-refractivity contribution >= 4 is 5.78 Å². The van der Waals surface area contributed by atoms with Gasteiger partial charge in [-0.05, 0) is 19.4 Å². The van der Waals surface area contributed by atoms with Gasteiger partial charge in [-0.1, -0.05) is 18.2 Å². The first-order valence-corrected chi connectivity index (χ1v) is 3.74. The number of ketones is 1. The number of carbonyl (C=O) groups is 1. The van der Waals surface area contributed by atoms with Crippen molar-refractivity contribution in [2.24, 2.45) is 0 Å². The quantitative estimate of drug-likeness (QED) is 0.481. The molecule has 0 bridgehead atoms. The lowest BCUT2D eigenvalue weighted by Gasteiger charge is -1.89. The average molecular weight is 154 g/mol. The van der Waals surface area contributed by atoms with Gasteiger partial charge in [0.05, 0.1) is 0 Å². The molecular weight excluding hydrogens is 140 g/mol. The van der Waals surface area contributed by atoms with Gasteiger partial charge < -0.3 is 5.11 Å². The second kappa shape index (κ2) is 7.22. The Hall–Kier alpha value is -0.890. The first-order valence-electron chi connectivity index (χ1n) is 3.74. The lowest BCUT2D eigenvalue weighted by Crippen LogP contribution is -1.93. The van der Waals surface area contributed by atoms with Crippen molar-refractivity contribution in [3.05, 3.63) is 24.3 Å². The molecule has 0 atom stereocenters. The minimum absolute atomic E-state index is 0.0668. The summed E-state index contributed by atoms with van der Waals surface area (Å²) in [5.74, 6) is 0.0668. The topological polar surface area (TPSA) is 37.3 Å². The summed E-state index contributed by atoms with van der Waals surface area (Å²) in [6.07, 6.45) is 7.88. The second-order valence-electron chi connectivity index (χ2n) is 2.18. The SMILES string of the molecule is C/C=C/C=C/C(=O)CCCO. The molecule has 0 heterocycles. The minimum atomic E-state index is 0.0668. The Morgan fingerprint density at radius 3 is 2.73 bits per heavy atom.